The molecule has 2 nitrogen and oxygen atoms in total. The van der Waals surface area contributed by atoms with Crippen LogP contribution in [0, 0.1) is 6.92 Å². The van der Waals surface area contributed by atoms with Gasteiger partial charge in [0, 0.05) is 20.0 Å². The van der Waals surface area contributed by atoms with Crippen LogP contribution in [-0.2, 0) is 13.0 Å². The monoisotopic (exact) mass is 271 g/mol. The highest BCUT2D eigenvalue weighted by Crippen LogP contribution is 2.10. The Morgan fingerprint density at radius 2 is 2.00 bits per heavy atom. The molecule has 17 heavy (non-hydrogen) atoms. The van der Waals surface area contributed by atoms with Gasteiger partial charge in [0.15, 0.2) is 12.2 Å². The number of aliphatic hydroxyl groups excluding tert-OH is 1. The van der Waals surface area contributed by atoms with E-state index in [-0.39, 0.29) is 6.61 Å². The average molecular weight is 271 g/mol. The molecule has 0 aliphatic heterocycles. The van der Waals surface area contributed by atoms with Gasteiger partial charge in [0.1, 0.15) is 0 Å². The molecule has 0 bridgehead atoms. The van der Waals surface area contributed by atoms with E-state index in [1.165, 1.54) is 10.6 Å². The molecule has 0 radical (unpaired) electrons. The van der Waals surface area contributed by atoms with Crippen molar-refractivity contribution >= 4 is 18.6 Å². The zero-order valence-electron chi connectivity index (χ0n) is 9.38. The Balaban J connectivity index is 0.000000437. The van der Waals surface area contributed by atoms with Crippen molar-refractivity contribution in [1.29, 1.82) is 0 Å². The zero-order valence-corrected chi connectivity index (χ0v) is 10.2. The minimum Gasteiger partial charge on any atom is -0.418 e. The summed E-state index contributed by atoms with van der Waals surface area (Å²) in [5.74, 6) is 0. The number of rotatable bonds is 4. The predicted octanol–water partition coefficient (Wildman–Crippen LogP) is 2.36. The Morgan fingerprint density at radius 1 is 1.47 bits per heavy atom. The summed E-state index contributed by atoms with van der Waals surface area (Å²) in [6, 6.07) is 0. The quantitative estimate of drug-likeness (QED) is 0.386. The van der Waals surface area contributed by atoms with E-state index < -0.39 is 7.25 Å². The van der Waals surface area contributed by atoms with E-state index in [2.05, 4.69) is 23.6 Å². The van der Waals surface area contributed by atoms with Crippen LogP contribution >= 0.6 is 11.3 Å². The lowest BCUT2D eigenvalue weighted by Gasteiger charge is -1.94. The third kappa shape index (κ3) is 7.92. The van der Waals surface area contributed by atoms with Crippen LogP contribution in [-0.4, -0.2) is 19.0 Å². The summed E-state index contributed by atoms with van der Waals surface area (Å²) in [4.78, 5) is 1.26. The lowest BCUT2D eigenvalue weighted by Crippen LogP contribution is -2.33. The van der Waals surface area contributed by atoms with Crippen molar-refractivity contribution in [3.8, 4) is 0 Å². The van der Waals surface area contributed by atoms with Crippen LogP contribution in [0.15, 0.2) is 18.2 Å². The Hall–Kier alpha value is -0.885. The summed E-state index contributed by atoms with van der Waals surface area (Å²) < 4.78 is 41.1. The highest BCUT2D eigenvalue weighted by atomic mass is 32.1. The van der Waals surface area contributed by atoms with Crippen LogP contribution in [0.2, 0.25) is 0 Å². The number of aliphatic hydroxyl groups is 1. The second kappa shape index (κ2) is 7.44. The first-order valence-electron chi connectivity index (χ1n) is 4.85. The van der Waals surface area contributed by atoms with Gasteiger partial charge in [-0.2, -0.15) is 4.57 Å². The molecule has 0 aliphatic rings. The molecule has 0 unspecified atom stereocenters. The van der Waals surface area contributed by atoms with E-state index >= 15 is 0 Å². The Bertz CT molecular complexity index is 347. The fourth-order valence-electron chi connectivity index (χ4n) is 1.11. The number of hydrogen-bond donors (Lipinski definition) is 1. The Labute approximate surface area is 101 Å². The molecule has 1 heterocycles. The van der Waals surface area contributed by atoms with E-state index in [4.69, 9.17) is 5.11 Å². The minimum atomic E-state index is -6.00. The van der Waals surface area contributed by atoms with Crippen LogP contribution < -0.4 is 4.57 Å². The molecule has 0 fully saturated rings. The Morgan fingerprint density at radius 3 is 2.41 bits per heavy atom. The zero-order chi connectivity index (χ0) is 13.5. The molecule has 0 aromatic carbocycles. The first-order valence-corrected chi connectivity index (χ1v) is 5.73. The maximum atomic E-state index is 9.75. The van der Waals surface area contributed by atoms with Crippen LogP contribution in [0.4, 0.5) is 17.3 Å². The number of nitrogens with zero attached hydrogens (tertiary/aromatic N) is 1. The summed E-state index contributed by atoms with van der Waals surface area (Å²) in [5, 5.41) is 8.76. The molecule has 0 atom stereocenters. The second-order valence-corrected chi connectivity index (χ2v) is 4.08. The molecule has 98 valence electrons. The van der Waals surface area contributed by atoms with Gasteiger partial charge in [0.2, 0.25) is 5.51 Å². The summed E-state index contributed by atoms with van der Waals surface area (Å²) in [5.41, 5.74) is 3.32. The highest BCUT2D eigenvalue weighted by molar-refractivity contribution is 7.09. The molecular weight excluding hydrogens is 257 g/mol. The van der Waals surface area contributed by atoms with Gasteiger partial charge < -0.3 is 22.4 Å². The van der Waals surface area contributed by atoms with E-state index in [0.717, 1.165) is 13.0 Å². The molecule has 1 rings (SSSR count). The summed E-state index contributed by atoms with van der Waals surface area (Å²) in [6.45, 7) is 6.85. The van der Waals surface area contributed by atoms with Gasteiger partial charge >= 0.3 is 7.25 Å². The van der Waals surface area contributed by atoms with Crippen molar-refractivity contribution in [2.75, 3.05) is 6.61 Å². The first-order chi connectivity index (χ1) is 7.79. The maximum Gasteiger partial charge on any atom is 0.673 e. The van der Waals surface area contributed by atoms with Gasteiger partial charge in [-0.3, -0.25) is 0 Å². The normalized spacial score (nSPS) is 10.7. The van der Waals surface area contributed by atoms with Crippen molar-refractivity contribution in [1.82, 2.24) is 0 Å². The Kier molecular flexibility index (Phi) is 7.06. The van der Waals surface area contributed by atoms with Gasteiger partial charge in [0.05, 0.1) is 4.88 Å². The van der Waals surface area contributed by atoms with Crippen molar-refractivity contribution in [3.63, 3.8) is 0 Å². The third-order valence-corrected chi connectivity index (χ3v) is 2.97. The highest BCUT2D eigenvalue weighted by Gasteiger charge is 2.20. The lowest BCUT2D eigenvalue weighted by molar-refractivity contribution is -0.688. The molecule has 0 spiro atoms. The smallest absolute Gasteiger partial charge is 0.418 e. The number of aromatic nitrogens is 1. The number of halogens is 4. The van der Waals surface area contributed by atoms with Crippen molar-refractivity contribution in [2.45, 2.75) is 19.9 Å². The molecule has 0 saturated heterocycles. The molecule has 1 N–H and O–H groups in total. The van der Waals surface area contributed by atoms with Crippen LogP contribution in [0.25, 0.3) is 0 Å². The van der Waals surface area contributed by atoms with Gasteiger partial charge in [-0.05, 0) is 6.08 Å². The van der Waals surface area contributed by atoms with Crippen molar-refractivity contribution in [2.24, 2.45) is 0 Å². The SMILES string of the molecule is C=CC[n+]1csc(CCO)c1C.F[B-](F)(F)F. The molecule has 1 aromatic heterocycles. The second-order valence-electron chi connectivity index (χ2n) is 3.14. The number of hydrogen-bond acceptors (Lipinski definition) is 2. The van der Waals surface area contributed by atoms with Gasteiger partial charge in [-0.1, -0.05) is 17.9 Å². The van der Waals surface area contributed by atoms with Crippen LogP contribution in [0.1, 0.15) is 10.6 Å². The molecule has 0 amide bonds. The molecule has 0 saturated carbocycles. The summed E-state index contributed by atoms with van der Waals surface area (Å²) in [7, 11) is -6.00. The lowest BCUT2D eigenvalue weighted by atomic mass is 10.3. The molecule has 8 heteroatoms. The maximum absolute atomic E-state index is 9.75. The predicted molar refractivity (Wildman–Crippen MR) is 60.4 cm³/mol. The minimum absolute atomic E-state index is 0.232. The topological polar surface area (TPSA) is 24.1 Å². The van der Waals surface area contributed by atoms with Gasteiger partial charge in [-0.15, -0.1) is 0 Å². The number of allylic oxidation sites excluding steroid dienone is 1. The summed E-state index contributed by atoms with van der Waals surface area (Å²) >= 11 is 1.70. The van der Waals surface area contributed by atoms with Crippen LogP contribution in [0.3, 0.4) is 0 Å². The number of thiazole rings is 1. The fourth-order valence-corrected chi connectivity index (χ4v) is 2.11. The average Bonchev–Trinajstić information content (AvgIpc) is 2.49. The summed E-state index contributed by atoms with van der Waals surface area (Å²) in [6.07, 6.45) is 2.64. The fraction of sp³-hybridized carbons (Fsp3) is 0.444. The van der Waals surface area contributed by atoms with E-state index in [0.29, 0.717) is 0 Å². The molecule has 1 aromatic rings. The van der Waals surface area contributed by atoms with E-state index in [1.54, 1.807) is 11.3 Å². The molecule has 0 aliphatic carbocycles. The van der Waals surface area contributed by atoms with Gasteiger partial charge in [-0.25, -0.2) is 0 Å². The molecular formula is C9H14BF4NOS. The van der Waals surface area contributed by atoms with Crippen LogP contribution in [0.5, 0.6) is 0 Å². The van der Waals surface area contributed by atoms with E-state index in [1.807, 2.05) is 6.08 Å². The largest absolute Gasteiger partial charge is 0.673 e. The standard InChI is InChI=1S/C9H14NOS.BF4/c1-3-5-10-7-12-9(4-6-11)8(10)2;2-1(3,4)5/h3,7,11H,1,4-6H2,2H3;/q+1;-1. The van der Waals surface area contributed by atoms with E-state index in [9.17, 15) is 17.3 Å². The van der Waals surface area contributed by atoms with Crippen molar-refractivity contribution in [3.05, 3.63) is 28.7 Å². The third-order valence-electron chi connectivity index (χ3n) is 1.82. The van der Waals surface area contributed by atoms with Gasteiger partial charge in [0.25, 0.3) is 0 Å². The first kappa shape index (κ1) is 16.1. The van der Waals surface area contributed by atoms with Crippen molar-refractivity contribution < 1.29 is 26.9 Å².